The molecule has 0 radical (unpaired) electrons. The van der Waals surface area contributed by atoms with Crippen LogP contribution in [0, 0.1) is 20.8 Å². The molecule has 0 fully saturated rings. The molecule has 0 saturated heterocycles. The molecule has 0 spiro atoms. The van der Waals surface area contributed by atoms with Gasteiger partial charge in [-0.1, -0.05) is 18.2 Å². The van der Waals surface area contributed by atoms with Crippen molar-refractivity contribution < 1.29 is 4.79 Å². The molecule has 3 heterocycles. The van der Waals surface area contributed by atoms with Crippen molar-refractivity contribution in [3.8, 4) is 11.5 Å². The number of carbonyl (C=O) groups excluding carboxylic acids is 1. The molecule has 1 amide bonds. The predicted molar refractivity (Wildman–Crippen MR) is 118 cm³/mol. The highest BCUT2D eigenvalue weighted by atomic mass is 16.1. The number of para-hydroxylation sites is 1. The molecule has 31 heavy (non-hydrogen) atoms. The van der Waals surface area contributed by atoms with Crippen molar-refractivity contribution >= 4 is 11.7 Å². The van der Waals surface area contributed by atoms with E-state index in [0.717, 1.165) is 22.8 Å². The summed E-state index contributed by atoms with van der Waals surface area (Å²) in [5.41, 5.74) is 4.20. The van der Waals surface area contributed by atoms with E-state index in [1.165, 1.54) is 0 Å². The van der Waals surface area contributed by atoms with Crippen LogP contribution in [0.1, 0.15) is 27.4 Å². The summed E-state index contributed by atoms with van der Waals surface area (Å²) in [6.45, 7) is 6.76. The first-order valence-electron chi connectivity index (χ1n) is 10.0. The minimum Gasteiger partial charge on any atom is -0.367 e. The number of hydrogen-bond donors (Lipinski definition) is 2. The lowest BCUT2D eigenvalue weighted by Gasteiger charge is -2.08. The van der Waals surface area contributed by atoms with Gasteiger partial charge in [-0.25, -0.2) is 9.36 Å². The zero-order chi connectivity index (χ0) is 21.8. The first-order chi connectivity index (χ1) is 15.0. The van der Waals surface area contributed by atoms with Crippen LogP contribution >= 0.6 is 0 Å². The molecule has 9 heteroatoms. The standard InChI is InChI=1S/C22H24N8O/c1-15-13-16(2)29(28-15)21-10-9-20(26-27-21)23-11-12-24-22(31)19-14-25-30(17(19)3)18-7-5-4-6-8-18/h4-10,13-14H,11-12H2,1-3H3,(H,23,26)(H,24,31). The van der Waals surface area contributed by atoms with Gasteiger partial charge >= 0.3 is 0 Å². The maximum Gasteiger partial charge on any atom is 0.254 e. The number of rotatable bonds is 7. The fraction of sp³-hybridized carbons (Fsp3) is 0.227. The summed E-state index contributed by atoms with van der Waals surface area (Å²) in [6, 6.07) is 15.4. The van der Waals surface area contributed by atoms with Gasteiger partial charge in [0, 0.05) is 18.8 Å². The maximum atomic E-state index is 12.5. The number of nitrogens with one attached hydrogen (secondary N) is 2. The van der Waals surface area contributed by atoms with E-state index in [0.29, 0.717) is 30.3 Å². The van der Waals surface area contributed by atoms with E-state index in [1.807, 2.05) is 69.3 Å². The van der Waals surface area contributed by atoms with Crippen LogP contribution in [0.3, 0.4) is 0 Å². The summed E-state index contributed by atoms with van der Waals surface area (Å²) in [4.78, 5) is 12.5. The number of amides is 1. The van der Waals surface area contributed by atoms with E-state index in [9.17, 15) is 4.79 Å². The molecule has 0 aliphatic carbocycles. The number of benzene rings is 1. The Hall–Kier alpha value is -4.01. The van der Waals surface area contributed by atoms with Gasteiger partial charge in [-0.15, -0.1) is 10.2 Å². The average Bonchev–Trinajstić information content (AvgIpc) is 3.33. The average molecular weight is 416 g/mol. The first-order valence-corrected chi connectivity index (χ1v) is 10.0. The zero-order valence-electron chi connectivity index (χ0n) is 17.7. The number of aromatic nitrogens is 6. The first kappa shape index (κ1) is 20.3. The monoisotopic (exact) mass is 416 g/mol. The lowest BCUT2D eigenvalue weighted by Crippen LogP contribution is -2.29. The lowest BCUT2D eigenvalue weighted by molar-refractivity contribution is 0.0954. The minimum absolute atomic E-state index is 0.160. The molecule has 9 nitrogen and oxygen atoms in total. The second kappa shape index (κ2) is 8.78. The molecule has 2 N–H and O–H groups in total. The molecule has 1 aromatic carbocycles. The van der Waals surface area contributed by atoms with Gasteiger partial charge in [0.1, 0.15) is 5.82 Å². The third kappa shape index (κ3) is 4.45. The molecule has 0 unspecified atom stereocenters. The summed E-state index contributed by atoms with van der Waals surface area (Å²) in [5.74, 6) is 1.13. The van der Waals surface area contributed by atoms with Crippen molar-refractivity contribution in [2.24, 2.45) is 0 Å². The molecule has 0 bridgehead atoms. The molecule has 4 rings (SSSR count). The third-order valence-electron chi connectivity index (χ3n) is 4.85. The van der Waals surface area contributed by atoms with Crippen LogP contribution in [-0.2, 0) is 0 Å². The van der Waals surface area contributed by atoms with Gasteiger partial charge in [-0.3, -0.25) is 4.79 Å². The molecule has 4 aromatic rings. The SMILES string of the molecule is Cc1cc(C)n(-c2ccc(NCCNC(=O)c3cnn(-c4ccccc4)c3C)nn2)n1. The summed E-state index contributed by atoms with van der Waals surface area (Å²) in [6.07, 6.45) is 1.59. The van der Waals surface area contributed by atoms with Crippen molar-refractivity contribution in [3.05, 3.63) is 77.4 Å². The van der Waals surface area contributed by atoms with Crippen molar-refractivity contribution in [3.63, 3.8) is 0 Å². The molecular weight excluding hydrogens is 392 g/mol. The van der Waals surface area contributed by atoms with Gasteiger partial charge < -0.3 is 10.6 Å². The van der Waals surface area contributed by atoms with E-state index in [-0.39, 0.29) is 5.91 Å². The summed E-state index contributed by atoms with van der Waals surface area (Å²) >= 11 is 0. The minimum atomic E-state index is -0.160. The van der Waals surface area contributed by atoms with Crippen LogP contribution < -0.4 is 10.6 Å². The quantitative estimate of drug-likeness (QED) is 0.449. The van der Waals surface area contributed by atoms with Crippen molar-refractivity contribution in [2.45, 2.75) is 20.8 Å². The van der Waals surface area contributed by atoms with Gasteiger partial charge in [0.05, 0.1) is 28.8 Å². The zero-order valence-corrected chi connectivity index (χ0v) is 17.7. The number of anilines is 1. The van der Waals surface area contributed by atoms with Gasteiger partial charge in [0.15, 0.2) is 5.82 Å². The fourth-order valence-corrected chi connectivity index (χ4v) is 3.32. The summed E-state index contributed by atoms with van der Waals surface area (Å²) in [5, 5.41) is 23.2. The summed E-state index contributed by atoms with van der Waals surface area (Å²) < 4.78 is 3.51. The van der Waals surface area contributed by atoms with Gasteiger partial charge in [-0.05, 0) is 51.1 Å². The van der Waals surface area contributed by atoms with E-state index in [4.69, 9.17) is 0 Å². The lowest BCUT2D eigenvalue weighted by atomic mass is 10.2. The van der Waals surface area contributed by atoms with E-state index in [2.05, 4.69) is 31.0 Å². The smallest absolute Gasteiger partial charge is 0.254 e. The van der Waals surface area contributed by atoms with Crippen LogP contribution in [0.15, 0.2) is 54.7 Å². The Morgan fingerprint density at radius 1 is 0.968 bits per heavy atom. The van der Waals surface area contributed by atoms with Crippen LogP contribution in [-0.4, -0.2) is 48.8 Å². The van der Waals surface area contributed by atoms with Crippen molar-refractivity contribution in [1.29, 1.82) is 0 Å². The van der Waals surface area contributed by atoms with Crippen LogP contribution in [0.4, 0.5) is 5.82 Å². The maximum absolute atomic E-state index is 12.5. The molecule has 3 aromatic heterocycles. The Bertz CT molecular complexity index is 1180. The van der Waals surface area contributed by atoms with Crippen molar-refractivity contribution in [1.82, 2.24) is 35.1 Å². The number of aryl methyl sites for hydroxylation is 2. The normalized spacial score (nSPS) is 10.8. The molecular formula is C22H24N8O. The van der Waals surface area contributed by atoms with Gasteiger partial charge in [-0.2, -0.15) is 10.2 Å². The van der Waals surface area contributed by atoms with Crippen molar-refractivity contribution in [2.75, 3.05) is 18.4 Å². The summed E-state index contributed by atoms with van der Waals surface area (Å²) in [7, 11) is 0. The molecule has 0 aliphatic rings. The fourth-order valence-electron chi connectivity index (χ4n) is 3.32. The van der Waals surface area contributed by atoms with Crippen LogP contribution in [0.5, 0.6) is 0 Å². The Morgan fingerprint density at radius 2 is 1.77 bits per heavy atom. The second-order valence-corrected chi connectivity index (χ2v) is 7.19. The Kier molecular flexibility index (Phi) is 5.74. The molecule has 158 valence electrons. The highest BCUT2D eigenvalue weighted by molar-refractivity contribution is 5.95. The number of carbonyl (C=O) groups is 1. The van der Waals surface area contributed by atoms with E-state index in [1.54, 1.807) is 15.6 Å². The topological polar surface area (TPSA) is 103 Å². The Morgan fingerprint density at radius 3 is 2.45 bits per heavy atom. The highest BCUT2D eigenvalue weighted by Gasteiger charge is 2.14. The van der Waals surface area contributed by atoms with Gasteiger partial charge in [0.2, 0.25) is 0 Å². The van der Waals surface area contributed by atoms with Crippen LogP contribution in [0.25, 0.3) is 11.5 Å². The molecule has 0 aliphatic heterocycles. The van der Waals surface area contributed by atoms with Gasteiger partial charge in [0.25, 0.3) is 5.91 Å². The molecule has 0 saturated carbocycles. The van der Waals surface area contributed by atoms with E-state index >= 15 is 0 Å². The Labute approximate surface area is 180 Å². The second-order valence-electron chi connectivity index (χ2n) is 7.19. The highest BCUT2D eigenvalue weighted by Crippen LogP contribution is 2.14. The third-order valence-corrected chi connectivity index (χ3v) is 4.85. The number of hydrogen-bond acceptors (Lipinski definition) is 6. The number of nitrogens with zero attached hydrogens (tertiary/aromatic N) is 6. The Balaban J connectivity index is 1.30. The molecule has 0 atom stereocenters. The van der Waals surface area contributed by atoms with Crippen LogP contribution in [0.2, 0.25) is 0 Å². The van der Waals surface area contributed by atoms with E-state index < -0.39 is 0 Å². The largest absolute Gasteiger partial charge is 0.367 e. The predicted octanol–water partition coefficient (Wildman–Crippen LogP) is 2.62.